The minimum atomic E-state index is -1.39. The molecule has 176 valence electrons. The number of nitrogens with one attached hydrogen (secondary N) is 1. The minimum Gasteiger partial charge on any atom is -0.497 e. The van der Waals surface area contributed by atoms with Gasteiger partial charge in [0.25, 0.3) is 11.6 Å². The van der Waals surface area contributed by atoms with E-state index in [2.05, 4.69) is 21.2 Å². The van der Waals surface area contributed by atoms with Crippen LogP contribution in [0, 0.1) is 21.4 Å². The first-order valence-corrected chi connectivity index (χ1v) is 10.9. The molecule has 0 fully saturated rings. The summed E-state index contributed by atoms with van der Waals surface area (Å²) in [6, 6.07) is 20.6. The van der Waals surface area contributed by atoms with Crippen LogP contribution in [0.3, 0.4) is 0 Å². The quantitative estimate of drug-likeness (QED) is 0.138. The molecular weight excluding hydrogens is 518 g/mol. The van der Waals surface area contributed by atoms with Gasteiger partial charge in [-0.05, 0) is 45.8 Å². The first kappa shape index (κ1) is 25.1. The Morgan fingerprint density at radius 2 is 1.80 bits per heavy atom. The maximum atomic E-state index is 13.1. The Morgan fingerprint density at radius 1 is 1.11 bits per heavy atom. The summed E-state index contributed by atoms with van der Waals surface area (Å²) >= 11 is 3.19. The number of esters is 1. The van der Waals surface area contributed by atoms with Gasteiger partial charge < -0.3 is 14.8 Å². The van der Waals surface area contributed by atoms with E-state index < -0.39 is 22.9 Å². The average molecular weight is 536 g/mol. The fourth-order valence-corrected chi connectivity index (χ4v) is 3.46. The molecule has 10 heteroatoms. The van der Waals surface area contributed by atoms with Gasteiger partial charge in [-0.25, -0.2) is 4.79 Å². The van der Waals surface area contributed by atoms with E-state index in [0.29, 0.717) is 16.9 Å². The highest BCUT2D eigenvalue weighted by molar-refractivity contribution is 9.10. The van der Waals surface area contributed by atoms with E-state index in [0.717, 1.165) is 0 Å². The highest BCUT2D eigenvalue weighted by atomic mass is 79.9. The van der Waals surface area contributed by atoms with Crippen LogP contribution in [0.2, 0.25) is 0 Å². The number of nitriles is 1. The van der Waals surface area contributed by atoms with Gasteiger partial charge in [0.15, 0.2) is 0 Å². The largest absolute Gasteiger partial charge is 0.497 e. The number of methoxy groups -OCH3 is 1. The molecule has 0 aliphatic heterocycles. The molecule has 1 atom stereocenters. The van der Waals surface area contributed by atoms with Gasteiger partial charge in [-0.2, -0.15) is 5.26 Å². The zero-order chi connectivity index (χ0) is 25.4. The van der Waals surface area contributed by atoms with Gasteiger partial charge in [0.2, 0.25) is 6.10 Å². The summed E-state index contributed by atoms with van der Waals surface area (Å²) in [7, 11) is 1.52. The van der Waals surface area contributed by atoms with E-state index in [4.69, 9.17) is 9.47 Å². The maximum Gasteiger partial charge on any atom is 0.350 e. The van der Waals surface area contributed by atoms with Gasteiger partial charge in [0.1, 0.15) is 17.4 Å². The maximum absolute atomic E-state index is 13.1. The summed E-state index contributed by atoms with van der Waals surface area (Å²) in [6.45, 7) is 0. The van der Waals surface area contributed by atoms with Crippen molar-refractivity contribution in [2.45, 2.75) is 6.10 Å². The monoisotopic (exact) mass is 535 g/mol. The molecule has 0 radical (unpaired) electrons. The third-order valence-electron chi connectivity index (χ3n) is 4.75. The normalized spacial score (nSPS) is 11.6. The molecule has 35 heavy (non-hydrogen) atoms. The van der Waals surface area contributed by atoms with E-state index in [1.54, 1.807) is 60.7 Å². The number of benzene rings is 3. The average Bonchev–Trinajstić information content (AvgIpc) is 2.87. The van der Waals surface area contributed by atoms with E-state index >= 15 is 0 Å². The van der Waals surface area contributed by atoms with Gasteiger partial charge in [-0.15, -0.1) is 0 Å². The van der Waals surface area contributed by atoms with Crippen LogP contribution < -0.4 is 10.1 Å². The molecule has 0 saturated carbocycles. The number of ether oxygens (including phenoxy) is 2. The van der Waals surface area contributed by atoms with Crippen LogP contribution in [0.25, 0.3) is 6.08 Å². The number of hydrogen-bond acceptors (Lipinski definition) is 7. The van der Waals surface area contributed by atoms with Gasteiger partial charge in [0.05, 0.1) is 17.7 Å². The standard InChI is InChI=1S/C25H18BrN3O6/c1-34-20-10-7-16(8-11-20)13-18(15-27)25(31)35-23(17-5-3-2-4-6-17)24(30)28-22-12-9-19(29(32)33)14-21(22)26/h2-14,23H,1H3,(H,28,30)/b18-13-/t23-/m0/s1. The fraction of sp³-hybridized carbons (Fsp3) is 0.0800. The van der Waals surface area contributed by atoms with Crippen LogP contribution in [0.4, 0.5) is 11.4 Å². The number of carbonyl (C=O) groups is 2. The van der Waals surface area contributed by atoms with Crippen LogP contribution in [-0.4, -0.2) is 23.9 Å². The Kier molecular flexibility index (Phi) is 8.32. The first-order valence-electron chi connectivity index (χ1n) is 10.1. The Morgan fingerprint density at radius 3 is 2.37 bits per heavy atom. The Hall–Kier alpha value is -4.49. The second-order valence-corrected chi connectivity index (χ2v) is 7.90. The summed E-state index contributed by atoms with van der Waals surface area (Å²) in [4.78, 5) is 36.3. The second-order valence-electron chi connectivity index (χ2n) is 7.05. The lowest BCUT2D eigenvalue weighted by atomic mass is 10.1. The molecule has 0 aliphatic carbocycles. The molecule has 1 N–H and O–H groups in total. The number of rotatable bonds is 8. The lowest BCUT2D eigenvalue weighted by Gasteiger charge is -2.18. The molecule has 0 spiro atoms. The number of halogens is 1. The van der Waals surface area contributed by atoms with Crippen molar-refractivity contribution in [3.8, 4) is 11.8 Å². The topological polar surface area (TPSA) is 132 Å². The van der Waals surface area contributed by atoms with E-state index in [9.17, 15) is 25.0 Å². The molecule has 0 bridgehead atoms. The molecular formula is C25H18BrN3O6. The number of carbonyl (C=O) groups excluding carboxylic acids is 2. The molecule has 0 saturated heterocycles. The fourth-order valence-electron chi connectivity index (χ4n) is 2.99. The lowest BCUT2D eigenvalue weighted by Crippen LogP contribution is -2.26. The molecule has 1 amide bonds. The minimum absolute atomic E-state index is 0.164. The smallest absolute Gasteiger partial charge is 0.350 e. The van der Waals surface area contributed by atoms with Crippen LogP contribution in [-0.2, 0) is 14.3 Å². The molecule has 3 rings (SSSR count). The van der Waals surface area contributed by atoms with E-state index in [-0.39, 0.29) is 21.4 Å². The summed E-state index contributed by atoms with van der Waals surface area (Å²) in [6.07, 6.45) is -0.0484. The van der Waals surface area contributed by atoms with E-state index in [1.165, 1.54) is 31.4 Å². The van der Waals surface area contributed by atoms with Gasteiger partial charge in [-0.1, -0.05) is 42.5 Å². The Balaban J connectivity index is 1.86. The SMILES string of the molecule is COc1ccc(/C=C(/C#N)C(=O)O[C@H](C(=O)Nc2ccc([N+](=O)[O-])cc2Br)c2ccccc2)cc1. The second kappa shape index (κ2) is 11.6. The van der Waals surface area contributed by atoms with Crippen molar-refractivity contribution in [1.82, 2.24) is 0 Å². The van der Waals surface area contributed by atoms with Crippen LogP contribution in [0.5, 0.6) is 5.75 Å². The molecule has 0 aromatic heterocycles. The summed E-state index contributed by atoms with van der Waals surface area (Å²) in [5, 5.41) is 23.1. The number of hydrogen-bond donors (Lipinski definition) is 1. The molecule has 0 heterocycles. The first-order chi connectivity index (χ1) is 16.8. The molecule has 3 aromatic carbocycles. The van der Waals surface area contributed by atoms with Crippen molar-refractivity contribution in [2.24, 2.45) is 0 Å². The lowest BCUT2D eigenvalue weighted by molar-refractivity contribution is -0.384. The molecule has 3 aromatic rings. The van der Waals surface area contributed by atoms with Crippen molar-refractivity contribution in [3.05, 3.63) is 104 Å². The van der Waals surface area contributed by atoms with Crippen molar-refractivity contribution in [2.75, 3.05) is 12.4 Å². The number of anilines is 1. The highest BCUT2D eigenvalue weighted by Gasteiger charge is 2.27. The van der Waals surface area contributed by atoms with E-state index in [1.807, 2.05) is 0 Å². The third kappa shape index (κ3) is 6.52. The van der Waals surface area contributed by atoms with Gasteiger partial charge in [-0.3, -0.25) is 14.9 Å². The number of nitro benzene ring substituents is 1. The van der Waals surface area contributed by atoms with Crippen LogP contribution in [0.15, 0.2) is 82.8 Å². The Bertz CT molecular complexity index is 1320. The third-order valence-corrected chi connectivity index (χ3v) is 5.41. The zero-order valence-electron chi connectivity index (χ0n) is 18.3. The Labute approximate surface area is 208 Å². The number of amides is 1. The van der Waals surface area contributed by atoms with Crippen molar-refractivity contribution >= 4 is 45.3 Å². The molecule has 9 nitrogen and oxygen atoms in total. The van der Waals surface area contributed by atoms with Crippen molar-refractivity contribution in [1.29, 1.82) is 5.26 Å². The number of non-ortho nitro benzene ring substituents is 1. The van der Waals surface area contributed by atoms with Crippen molar-refractivity contribution in [3.63, 3.8) is 0 Å². The summed E-state index contributed by atoms with van der Waals surface area (Å²) < 4.78 is 10.8. The predicted molar refractivity (Wildman–Crippen MR) is 131 cm³/mol. The van der Waals surface area contributed by atoms with Crippen LogP contribution >= 0.6 is 15.9 Å². The zero-order valence-corrected chi connectivity index (χ0v) is 19.9. The van der Waals surface area contributed by atoms with Gasteiger partial charge >= 0.3 is 5.97 Å². The van der Waals surface area contributed by atoms with Crippen molar-refractivity contribution < 1.29 is 24.0 Å². The summed E-state index contributed by atoms with van der Waals surface area (Å²) in [5.41, 5.74) is 0.712. The predicted octanol–water partition coefficient (Wildman–Crippen LogP) is 5.20. The molecule has 0 unspecified atom stereocenters. The van der Waals surface area contributed by atoms with Crippen LogP contribution in [0.1, 0.15) is 17.2 Å². The van der Waals surface area contributed by atoms with Gasteiger partial charge in [0, 0.05) is 22.2 Å². The highest BCUT2D eigenvalue weighted by Crippen LogP contribution is 2.29. The molecule has 0 aliphatic rings. The number of nitro groups is 1. The number of nitrogens with zero attached hydrogens (tertiary/aromatic N) is 2. The summed E-state index contributed by atoms with van der Waals surface area (Å²) in [5.74, 6) is -1.09.